The number of halogens is 6. The molecule has 0 spiro atoms. The molecule has 0 aliphatic heterocycles. The molecule has 3 rings (SSSR count). The number of rotatable bonds is 4. The molecular formula is C18H13F6N7O2. The molecule has 3 aromatic rings. The van der Waals surface area contributed by atoms with Crippen molar-refractivity contribution in [2.24, 2.45) is 0 Å². The number of carbonyl (C=O) groups excluding carboxylic acids is 2. The maximum atomic E-state index is 13.0. The van der Waals surface area contributed by atoms with Crippen LogP contribution < -0.4 is 10.9 Å². The monoisotopic (exact) mass is 473 g/mol. The van der Waals surface area contributed by atoms with Crippen LogP contribution in [0.2, 0.25) is 0 Å². The van der Waals surface area contributed by atoms with Crippen LogP contribution >= 0.6 is 0 Å². The van der Waals surface area contributed by atoms with Gasteiger partial charge in [-0.05, 0) is 25.1 Å². The van der Waals surface area contributed by atoms with Crippen LogP contribution in [0.3, 0.4) is 0 Å². The number of benzene rings is 1. The smallest absolute Gasteiger partial charge is 0.282 e. The second-order valence-corrected chi connectivity index (χ2v) is 6.51. The molecule has 2 aromatic heterocycles. The Morgan fingerprint density at radius 1 is 1.03 bits per heavy atom. The number of hydrazine groups is 1. The lowest BCUT2D eigenvalue weighted by atomic mass is 10.0. The summed E-state index contributed by atoms with van der Waals surface area (Å²) in [7, 11) is 0. The van der Waals surface area contributed by atoms with Crippen LogP contribution in [0.1, 0.15) is 27.2 Å². The number of aromatic nitrogens is 5. The summed E-state index contributed by atoms with van der Waals surface area (Å²) in [5.41, 5.74) is 1.32. The summed E-state index contributed by atoms with van der Waals surface area (Å²) in [5.74, 6) is -1.88. The van der Waals surface area contributed by atoms with E-state index in [9.17, 15) is 35.9 Å². The molecule has 0 saturated heterocycles. The lowest BCUT2D eigenvalue weighted by Crippen LogP contribution is -2.40. The van der Waals surface area contributed by atoms with Crippen molar-refractivity contribution < 1.29 is 35.9 Å². The van der Waals surface area contributed by atoms with Gasteiger partial charge in [0, 0.05) is 23.5 Å². The predicted octanol–water partition coefficient (Wildman–Crippen LogP) is 2.95. The van der Waals surface area contributed by atoms with Crippen molar-refractivity contribution in [2.75, 3.05) is 0 Å². The second kappa shape index (κ2) is 8.76. The minimum absolute atomic E-state index is 0.00986. The maximum Gasteiger partial charge on any atom is 0.416 e. The highest BCUT2D eigenvalue weighted by molar-refractivity contribution is 5.97. The third-order valence-corrected chi connectivity index (χ3v) is 4.11. The molecule has 0 aliphatic rings. The molecule has 0 fully saturated rings. The summed E-state index contributed by atoms with van der Waals surface area (Å²) >= 11 is 0. The van der Waals surface area contributed by atoms with Gasteiger partial charge in [0.1, 0.15) is 6.33 Å². The topological polar surface area (TPSA) is 118 Å². The van der Waals surface area contributed by atoms with Crippen LogP contribution in [0.4, 0.5) is 26.3 Å². The first-order chi connectivity index (χ1) is 15.3. The van der Waals surface area contributed by atoms with E-state index in [1.54, 1.807) is 6.92 Å². The number of alkyl halides is 6. The fourth-order valence-electron chi connectivity index (χ4n) is 2.51. The molecule has 0 radical (unpaired) electrons. The number of nitrogens with one attached hydrogen (secondary N) is 3. The van der Waals surface area contributed by atoms with E-state index in [0.29, 0.717) is 17.8 Å². The minimum atomic E-state index is -5.02. The average molecular weight is 473 g/mol. The highest BCUT2D eigenvalue weighted by atomic mass is 19.4. The minimum Gasteiger partial charge on any atom is -0.282 e. The number of nitrogens with zero attached hydrogens (tertiary/aromatic N) is 4. The van der Waals surface area contributed by atoms with Crippen LogP contribution in [0, 0.1) is 6.92 Å². The van der Waals surface area contributed by atoms with Crippen LogP contribution in [-0.4, -0.2) is 36.8 Å². The van der Waals surface area contributed by atoms with E-state index in [0.717, 1.165) is 23.3 Å². The van der Waals surface area contributed by atoms with Gasteiger partial charge in [0.25, 0.3) is 11.8 Å². The fraction of sp³-hybridized carbons (Fsp3) is 0.167. The fourth-order valence-corrected chi connectivity index (χ4v) is 2.51. The molecule has 9 nitrogen and oxygen atoms in total. The molecule has 174 valence electrons. The summed E-state index contributed by atoms with van der Waals surface area (Å²) in [5, 5.41) is 9.95. The van der Waals surface area contributed by atoms with Gasteiger partial charge < -0.3 is 0 Å². The third kappa shape index (κ3) is 5.75. The molecule has 33 heavy (non-hydrogen) atoms. The summed E-state index contributed by atoms with van der Waals surface area (Å²) in [6.45, 7) is 1.59. The van der Waals surface area contributed by atoms with E-state index in [-0.39, 0.29) is 11.6 Å². The lowest BCUT2D eigenvalue weighted by molar-refractivity contribution is -0.143. The summed E-state index contributed by atoms with van der Waals surface area (Å²) in [6.07, 6.45) is -5.89. The quantitative estimate of drug-likeness (QED) is 0.306. The molecule has 15 heteroatoms. The van der Waals surface area contributed by atoms with E-state index in [1.807, 2.05) is 0 Å². The zero-order valence-corrected chi connectivity index (χ0v) is 16.4. The van der Waals surface area contributed by atoms with Gasteiger partial charge in [-0.15, -0.1) is 5.10 Å². The van der Waals surface area contributed by atoms with E-state index in [2.05, 4.69) is 31.1 Å². The lowest BCUT2D eigenvalue weighted by Gasteiger charge is -2.13. The molecule has 0 aliphatic carbocycles. The van der Waals surface area contributed by atoms with Gasteiger partial charge in [0.05, 0.1) is 22.9 Å². The summed E-state index contributed by atoms with van der Waals surface area (Å²) < 4.78 is 78.9. The number of aryl methyl sites for hydroxylation is 1. The van der Waals surface area contributed by atoms with Gasteiger partial charge in [-0.3, -0.25) is 25.5 Å². The normalized spacial score (nSPS) is 12.2. The van der Waals surface area contributed by atoms with Gasteiger partial charge in [-0.1, -0.05) is 0 Å². The Morgan fingerprint density at radius 2 is 1.67 bits per heavy atom. The molecule has 0 saturated carbocycles. The van der Waals surface area contributed by atoms with Gasteiger partial charge in [-0.25, -0.2) is 9.67 Å². The van der Waals surface area contributed by atoms with Crippen molar-refractivity contribution in [3.05, 3.63) is 59.2 Å². The Morgan fingerprint density at radius 3 is 2.21 bits per heavy atom. The SMILES string of the molecule is Cc1[nH]ncc1C(=O)NNC(=O)C=Cn1cnc(-c2cc(C(F)(F)F)cc(C(F)(F)F)c2)n1. The Labute approximate surface area is 180 Å². The Hall–Kier alpha value is -4.17. The van der Waals surface area contributed by atoms with E-state index in [1.165, 1.54) is 6.20 Å². The van der Waals surface area contributed by atoms with Gasteiger partial charge in [-0.2, -0.15) is 31.4 Å². The maximum absolute atomic E-state index is 13.0. The predicted molar refractivity (Wildman–Crippen MR) is 99.7 cm³/mol. The van der Waals surface area contributed by atoms with Crippen LogP contribution in [0.5, 0.6) is 0 Å². The zero-order valence-electron chi connectivity index (χ0n) is 16.4. The largest absolute Gasteiger partial charge is 0.416 e. The first-order valence-electron chi connectivity index (χ1n) is 8.84. The van der Waals surface area contributed by atoms with Crippen LogP contribution in [-0.2, 0) is 17.1 Å². The van der Waals surface area contributed by atoms with E-state index >= 15 is 0 Å². The van der Waals surface area contributed by atoms with Crippen molar-refractivity contribution in [1.82, 2.24) is 35.8 Å². The second-order valence-electron chi connectivity index (χ2n) is 6.51. The van der Waals surface area contributed by atoms with E-state index < -0.39 is 46.7 Å². The number of hydrogen-bond acceptors (Lipinski definition) is 5. The average Bonchev–Trinajstić information content (AvgIpc) is 3.38. The van der Waals surface area contributed by atoms with Gasteiger partial charge >= 0.3 is 12.4 Å². The molecule has 0 unspecified atom stereocenters. The molecule has 2 heterocycles. The van der Waals surface area contributed by atoms with E-state index in [4.69, 9.17) is 0 Å². The Kier molecular flexibility index (Phi) is 6.23. The Balaban J connectivity index is 1.73. The van der Waals surface area contributed by atoms with Crippen molar-refractivity contribution in [3.8, 4) is 11.4 Å². The van der Waals surface area contributed by atoms with Crippen molar-refractivity contribution in [3.63, 3.8) is 0 Å². The Bertz CT molecular complexity index is 1180. The first-order valence-corrected chi connectivity index (χ1v) is 8.84. The highest BCUT2D eigenvalue weighted by Crippen LogP contribution is 2.38. The summed E-state index contributed by atoms with van der Waals surface area (Å²) in [6, 6.07) is 0.960. The van der Waals surface area contributed by atoms with Crippen molar-refractivity contribution in [1.29, 1.82) is 0 Å². The molecular weight excluding hydrogens is 460 g/mol. The van der Waals surface area contributed by atoms with Crippen molar-refractivity contribution >= 4 is 18.0 Å². The number of amides is 2. The molecule has 0 atom stereocenters. The number of hydrogen-bond donors (Lipinski definition) is 3. The van der Waals surface area contributed by atoms with Gasteiger partial charge in [0.2, 0.25) is 0 Å². The number of aromatic amines is 1. The highest BCUT2D eigenvalue weighted by Gasteiger charge is 2.37. The zero-order chi connectivity index (χ0) is 24.4. The van der Waals surface area contributed by atoms with Crippen LogP contribution in [0.15, 0.2) is 36.8 Å². The third-order valence-electron chi connectivity index (χ3n) is 4.11. The summed E-state index contributed by atoms with van der Waals surface area (Å²) in [4.78, 5) is 27.4. The van der Waals surface area contributed by atoms with Crippen LogP contribution in [0.25, 0.3) is 17.6 Å². The molecule has 3 N–H and O–H groups in total. The first kappa shape index (κ1) is 23.5. The molecule has 1 aromatic carbocycles. The number of H-pyrrole nitrogens is 1. The molecule has 0 bridgehead atoms. The number of carbonyl (C=O) groups is 2. The van der Waals surface area contributed by atoms with Gasteiger partial charge in [0.15, 0.2) is 5.82 Å². The molecule has 2 amide bonds. The van der Waals surface area contributed by atoms with Crippen molar-refractivity contribution in [2.45, 2.75) is 19.3 Å². The standard InChI is InChI=1S/C18H13F6N7O2/c1-9-13(7-26-27-9)16(33)29-28-14(32)2-3-31-8-25-15(30-31)10-4-11(17(19,20)21)6-12(5-10)18(22,23)24/h2-8H,1H3,(H,26,27)(H,28,32)(H,29,33).